The zero-order chi connectivity index (χ0) is 21.5. The van der Waals surface area contributed by atoms with Crippen LogP contribution >= 0.6 is 12.2 Å². The van der Waals surface area contributed by atoms with E-state index in [0.717, 1.165) is 55.0 Å². The second-order valence-electron chi connectivity index (χ2n) is 7.36. The van der Waals surface area contributed by atoms with Crippen LogP contribution in [0.3, 0.4) is 0 Å². The van der Waals surface area contributed by atoms with E-state index >= 15 is 0 Å². The third kappa shape index (κ3) is 5.27. The molecular weight excluding hydrogens is 398 g/mol. The lowest BCUT2D eigenvalue weighted by Crippen LogP contribution is -2.56. The molecule has 1 fully saturated rings. The predicted molar refractivity (Wildman–Crippen MR) is 125 cm³/mol. The van der Waals surface area contributed by atoms with Crippen molar-refractivity contribution < 1.29 is 14.2 Å². The van der Waals surface area contributed by atoms with Gasteiger partial charge >= 0.3 is 0 Å². The Balaban J connectivity index is 1.48. The number of nitrogens with one attached hydrogen (secondary N) is 1. The molecule has 1 atom stereocenters. The third-order valence-electron chi connectivity index (χ3n) is 5.46. The van der Waals surface area contributed by atoms with Crippen molar-refractivity contribution in [2.45, 2.75) is 19.4 Å². The Hall–Kier alpha value is -2.67. The number of hydrogen-bond donors (Lipinski definition) is 1. The van der Waals surface area contributed by atoms with Crippen molar-refractivity contribution in [1.82, 2.24) is 10.2 Å². The van der Waals surface area contributed by atoms with Crippen LogP contribution in [0.4, 0.5) is 5.69 Å². The van der Waals surface area contributed by atoms with Crippen molar-refractivity contribution >= 4 is 23.0 Å². The fourth-order valence-corrected chi connectivity index (χ4v) is 4.03. The second-order valence-corrected chi connectivity index (χ2v) is 7.74. The van der Waals surface area contributed by atoms with Gasteiger partial charge in [0.1, 0.15) is 5.75 Å². The minimum Gasteiger partial charge on any atom is -0.497 e. The highest BCUT2D eigenvalue weighted by Crippen LogP contribution is 2.27. The Morgan fingerprint density at radius 3 is 2.37 bits per heavy atom. The van der Waals surface area contributed by atoms with E-state index in [1.807, 2.05) is 24.3 Å². The van der Waals surface area contributed by atoms with Crippen LogP contribution in [0.5, 0.6) is 17.2 Å². The summed E-state index contributed by atoms with van der Waals surface area (Å²) in [6.07, 6.45) is 0.863. The molecule has 1 unspecified atom stereocenters. The van der Waals surface area contributed by atoms with Gasteiger partial charge in [-0.2, -0.15) is 0 Å². The molecule has 0 radical (unpaired) electrons. The van der Waals surface area contributed by atoms with Gasteiger partial charge in [-0.15, -0.1) is 0 Å². The van der Waals surface area contributed by atoms with E-state index in [0.29, 0.717) is 6.04 Å². The highest BCUT2D eigenvalue weighted by atomic mass is 32.1. The highest BCUT2D eigenvalue weighted by Gasteiger charge is 2.25. The molecule has 1 heterocycles. The molecule has 2 aromatic rings. The zero-order valence-corrected chi connectivity index (χ0v) is 19.0. The molecular formula is C23H31N3O3S. The Bertz CT molecular complexity index is 844. The summed E-state index contributed by atoms with van der Waals surface area (Å²) < 4.78 is 15.9. The lowest BCUT2D eigenvalue weighted by molar-refractivity contribution is 0.334. The normalized spacial score (nSPS) is 16.2. The maximum Gasteiger partial charge on any atom is 0.169 e. The molecule has 7 heteroatoms. The monoisotopic (exact) mass is 429 g/mol. The minimum absolute atomic E-state index is 0.373. The van der Waals surface area contributed by atoms with E-state index in [1.54, 1.807) is 21.3 Å². The summed E-state index contributed by atoms with van der Waals surface area (Å²) in [7, 11) is 4.99. The maximum atomic E-state index is 5.65. The number of thiocarbonyl (C=S) groups is 1. The van der Waals surface area contributed by atoms with Gasteiger partial charge in [0.15, 0.2) is 16.6 Å². The molecule has 1 aliphatic heterocycles. The number of anilines is 1. The van der Waals surface area contributed by atoms with Crippen LogP contribution in [0.2, 0.25) is 0 Å². The summed E-state index contributed by atoms with van der Waals surface area (Å²) in [5.74, 6) is 2.37. The number of piperazine rings is 1. The van der Waals surface area contributed by atoms with Gasteiger partial charge in [-0.05, 0) is 67.5 Å². The molecule has 0 amide bonds. The number of benzene rings is 2. The van der Waals surface area contributed by atoms with Gasteiger partial charge in [-0.25, -0.2) is 0 Å². The Labute approximate surface area is 184 Å². The average molecular weight is 430 g/mol. The molecule has 1 aliphatic rings. The SMILES string of the molecule is COc1ccc(N2CCN(C(=S)NCCc3ccc(OC)c(OC)c3)CC2C)cc1. The van der Waals surface area contributed by atoms with E-state index in [1.165, 1.54) is 11.3 Å². The van der Waals surface area contributed by atoms with E-state index in [4.69, 9.17) is 26.4 Å². The van der Waals surface area contributed by atoms with E-state index in [2.05, 4.69) is 40.2 Å². The summed E-state index contributed by atoms with van der Waals surface area (Å²) in [4.78, 5) is 4.68. The maximum absolute atomic E-state index is 5.65. The molecule has 0 aliphatic carbocycles. The molecule has 6 nitrogen and oxygen atoms in total. The first-order valence-corrected chi connectivity index (χ1v) is 10.6. The standard InChI is InChI=1S/C23H31N3O3S/c1-17-16-25(13-14-26(17)19-6-8-20(27-2)9-7-19)23(30)24-12-11-18-5-10-21(28-3)22(15-18)29-4/h5-10,15,17H,11-14,16H2,1-4H3,(H,24,30). The molecule has 0 saturated carbocycles. The lowest BCUT2D eigenvalue weighted by atomic mass is 10.1. The van der Waals surface area contributed by atoms with Crippen molar-refractivity contribution in [3.8, 4) is 17.2 Å². The third-order valence-corrected chi connectivity index (χ3v) is 5.86. The van der Waals surface area contributed by atoms with E-state index in [-0.39, 0.29) is 0 Å². The first kappa shape index (κ1) is 22.0. The first-order chi connectivity index (χ1) is 14.5. The van der Waals surface area contributed by atoms with Gasteiger partial charge in [-0.3, -0.25) is 0 Å². The average Bonchev–Trinajstić information content (AvgIpc) is 2.78. The second kappa shape index (κ2) is 10.4. The molecule has 0 bridgehead atoms. The number of nitrogens with zero attached hydrogens (tertiary/aromatic N) is 2. The molecule has 1 saturated heterocycles. The van der Waals surface area contributed by atoms with E-state index in [9.17, 15) is 0 Å². The highest BCUT2D eigenvalue weighted by molar-refractivity contribution is 7.80. The number of hydrogen-bond acceptors (Lipinski definition) is 5. The summed E-state index contributed by atoms with van der Waals surface area (Å²) in [5, 5.41) is 4.22. The van der Waals surface area contributed by atoms with Crippen LogP contribution in [-0.2, 0) is 6.42 Å². The van der Waals surface area contributed by atoms with Crippen LogP contribution in [0, 0.1) is 0 Å². The van der Waals surface area contributed by atoms with E-state index < -0.39 is 0 Å². The molecule has 2 aromatic carbocycles. The Morgan fingerprint density at radius 2 is 1.73 bits per heavy atom. The van der Waals surface area contributed by atoms with Crippen molar-refractivity contribution in [3.63, 3.8) is 0 Å². The van der Waals surface area contributed by atoms with Gasteiger partial charge in [-0.1, -0.05) is 6.07 Å². The minimum atomic E-state index is 0.373. The molecule has 0 aromatic heterocycles. The Morgan fingerprint density at radius 1 is 1.00 bits per heavy atom. The summed E-state index contributed by atoms with van der Waals surface area (Å²) in [5.41, 5.74) is 2.40. The largest absolute Gasteiger partial charge is 0.497 e. The topological polar surface area (TPSA) is 46.2 Å². The number of rotatable bonds is 7. The van der Waals surface area contributed by atoms with Crippen LogP contribution in [-0.4, -0.2) is 63.6 Å². The molecule has 30 heavy (non-hydrogen) atoms. The van der Waals surface area contributed by atoms with Crippen LogP contribution in [0.1, 0.15) is 12.5 Å². The van der Waals surface area contributed by atoms with Gasteiger partial charge in [0.05, 0.1) is 21.3 Å². The fraction of sp³-hybridized carbons (Fsp3) is 0.435. The molecule has 162 valence electrons. The van der Waals surface area contributed by atoms with Gasteiger partial charge in [0.25, 0.3) is 0 Å². The smallest absolute Gasteiger partial charge is 0.169 e. The van der Waals surface area contributed by atoms with Crippen LogP contribution in [0.25, 0.3) is 0 Å². The van der Waals surface area contributed by atoms with Gasteiger partial charge in [0, 0.05) is 37.9 Å². The van der Waals surface area contributed by atoms with Crippen molar-refractivity contribution in [2.24, 2.45) is 0 Å². The van der Waals surface area contributed by atoms with Crippen molar-refractivity contribution in [3.05, 3.63) is 48.0 Å². The van der Waals surface area contributed by atoms with Gasteiger partial charge in [0.2, 0.25) is 0 Å². The van der Waals surface area contributed by atoms with Crippen LogP contribution in [0.15, 0.2) is 42.5 Å². The molecule has 1 N–H and O–H groups in total. The Kier molecular flexibility index (Phi) is 7.63. The molecule has 3 rings (SSSR count). The van der Waals surface area contributed by atoms with Crippen LogP contribution < -0.4 is 24.4 Å². The van der Waals surface area contributed by atoms with Crippen molar-refractivity contribution in [1.29, 1.82) is 0 Å². The zero-order valence-electron chi connectivity index (χ0n) is 18.2. The number of methoxy groups -OCH3 is 3. The number of ether oxygens (including phenoxy) is 3. The predicted octanol–water partition coefficient (Wildman–Crippen LogP) is 3.34. The summed E-state index contributed by atoms with van der Waals surface area (Å²) in [6.45, 7) is 5.75. The molecule has 0 spiro atoms. The van der Waals surface area contributed by atoms with Gasteiger partial charge < -0.3 is 29.3 Å². The summed E-state index contributed by atoms with van der Waals surface area (Å²) in [6, 6.07) is 14.6. The summed E-state index contributed by atoms with van der Waals surface area (Å²) >= 11 is 5.65. The van der Waals surface area contributed by atoms with Crippen molar-refractivity contribution in [2.75, 3.05) is 52.4 Å². The quantitative estimate of drug-likeness (QED) is 0.678. The lowest BCUT2D eigenvalue weighted by Gasteiger charge is -2.42. The first-order valence-electron chi connectivity index (χ1n) is 10.2. The fourth-order valence-electron chi connectivity index (χ4n) is 3.76.